The highest BCUT2D eigenvalue weighted by Gasteiger charge is 2.41. The highest BCUT2D eigenvalue weighted by molar-refractivity contribution is 9.10. The number of carbonyl (C=O) groups is 1. The van der Waals surface area contributed by atoms with Gasteiger partial charge in [0, 0.05) is 46.4 Å². The lowest BCUT2D eigenvalue weighted by Gasteiger charge is -2.28. The molecular formula is C29H27BrFN5OS. The van der Waals surface area contributed by atoms with E-state index < -0.39 is 0 Å². The minimum absolute atomic E-state index is 0.164. The molecule has 194 valence electrons. The maximum absolute atomic E-state index is 13.2. The van der Waals surface area contributed by atoms with Crippen LogP contribution in [0.5, 0.6) is 0 Å². The van der Waals surface area contributed by atoms with Crippen LogP contribution in [0.15, 0.2) is 83.5 Å². The zero-order valence-electron chi connectivity index (χ0n) is 21.0. The second-order valence-corrected chi connectivity index (χ2v) is 10.6. The van der Waals surface area contributed by atoms with E-state index >= 15 is 0 Å². The van der Waals surface area contributed by atoms with Crippen LogP contribution >= 0.6 is 28.1 Å². The molecule has 1 aliphatic rings. The number of halogens is 2. The molecule has 0 aliphatic carbocycles. The van der Waals surface area contributed by atoms with Crippen molar-refractivity contribution >= 4 is 44.9 Å². The van der Waals surface area contributed by atoms with Gasteiger partial charge in [-0.1, -0.05) is 28.1 Å². The Morgan fingerprint density at radius 3 is 2.61 bits per heavy atom. The van der Waals surface area contributed by atoms with Gasteiger partial charge in [0.1, 0.15) is 5.82 Å². The van der Waals surface area contributed by atoms with Crippen molar-refractivity contribution in [2.75, 3.05) is 11.9 Å². The van der Waals surface area contributed by atoms with Crippen LogP contribution < -0.4 is 10.6 Å². The molecule has 3 heterocycles. The van der Waals surface area contributed by atoms with Crippen molar-refractivity contribution < 1.29 is 9.18 Å². The number of benzene rings is 2. The number of anilines is 1. The molecule has 0 bridgehead atoms. The van der Waals surface area contributed by atoms with Crippen molar-refractivity contribution in [1.82, 2.24) is 19.8 Å². The van der Waals surface area contributed by atoms with E-state index in [-0.39, 0.29) is 30.2 Å². The number of hydrogen-bond donors (Lipinski definition) is 2. The van der Waals surface area contributed by atoms with Gasteiger partial charge < -0.3 is 20.1 Å². The first-order valence-electron chi connectivity index (χ1n) is 12.3. The van der Waals surface area contributed by atoms with E-state index in [9.17, 15) is 9.18 Å². The number of aryl methyl sites for hydroxylation is 1. The lowest BCUT2D eigenvalue weighted by atomic mass is 9.96. The van der Waals surface area contributed by atoms with Crippen molar-refractivity contribution in [3.05, 3.63) is 112 Å². The third kappa shape index (κ3) is 5.35. The first-order valence-corrected chi connectivity index (χ1v) is 13.5. The number of thiocarbonyl (C=S) groups is 1. The fraction of sp³-hybridized carbons (Fsp3) is 0.207. The predicted octanol–water partition coefficient (Wildman–Crippen LogP) is 6.39. The molecule has 6 nitrogen and oxygen atoms in total. The SMILES string of the molecule is Cc1cc([C@@H]2[C@@H](c3ccccn3)NC(=S)N2CCC(=O)Nc2ccc(F)cc2)c(C)n1-c1cccc(Br)c1. The Morgan fingerprint density at radius 1 is 1.11 bits per heavy atom. The molecule has 1 amide bonds. The fourth-order valence-electron chi connectivity index (χ4n) is 5.06. The minimum atomic E-state index is -0.347. The molecule has 0 unspecified atom stereocenters. The zero-order chi connectivity index (χ0) is 26.8. The summed E-state index contributed by atoms with van der Waals surface area (Å²) in [6.45, 7) is 4.61. The maximum Gasteiger partial charge on any atom is 0.226 e. The molecule has 1 fully saturated rings. The number of nitrogens with zero attached hydrogens (tertiary/aromatic N) is 3. The maximum atomic E-state index is 13.2. The van der Waals surface area contributed by atoms with E-state index in [4.69, 9.17) is 12.2 Å². The summed E-state index contributed by atoms with van der Waals surface area (Å²) in [5.74, 6) is -0.514. The molecule has 0 radical (unpaired) electrons. The monoisotopic (exact) mass is 591 g/mol. The number of hydrogen-bond acceptors (Lipinski definition) is 3. The highest BCUT2D eigenvalue weighted by atomic mass is 79.9. The van der Waals surface area contributed by atoms with Crippen LogP contribution in [-0.4, -0.2) is 32.0 Å². The van der Waals surface area contributed by atoms with Crippen molar-refractivity contribution in [1.29, 1.82) is 0 Å². The normalized spacial score (nSPS) is 16.9. The van der Waals surface area contributed by atoms with Gasteiger partial charge in [-0.2, -0.15) is 0 Å². The number of pyridine rings is 1. The molecule has 2 atom stereocenters. The van der Waals surface area contributed by atoms with Crippen LogP contribution in [0, 0.1) is 19.7 Å². The van der Waals surface area contributed by atoms with Gasteiger partial charge in [-0.05, 0) is 92.3 Å². The number of aromatic nitrogens is 2. The quantitative estimate of drug-likeness (QED) is 0.244. The van der Waals surface area contributed by atoms with E-state index in [1.54, 1.807) is 18.3 Å². The first kappa shape index (κ1) is 26.1. The Kier molecular flexibility index (Phi) is 7.58. The number of rotatable bonds is 7. The first-order chi connectivity index (χ1) is 18.3. The minimum Gasteiger partial charge on any atom is -0.352 e. The van der Waals surface area contributed by atoms with Crippen molar-refractivity contribution in [2.24, 2.45) is 0 Å². The van der Waals surface area contributed by atoms with Crippen molar-refractivity contribution in [3.8, 4) is 5.69 Å². The molecule has 0 saturated carbocycles. The van der Waals surface area contributed by atoms with Gasteiger partial charge in [0.15, 0.2) is 5.11 Å². The molecule has 38 heavy (non-hydrogen) atoms. The van der Waals surface area contributed by atoms with Crippen molar-refractivity contribution in [3.63, 3.8) is 0 Å². The average molecular weight is 593 g/mol. The Labute approximate surface area is 235 Å². The van der Waals surface area contributed by atoms with E-state index in [0.29, 0.717) is 17.3 Å². The lowest BCUT2D eigenvalue weighted by molar-refractivity contribution is -0.116. The topological polar surface area (TPSA) is 62.2 Å². The number of amides is 1. The molecular weight excluding hydrogens is 565 g/mol. The Bertz CT molecular complexity index is 1470. The number of nitrogens with one attached hydrogen (secondary N) is 2. The molecule has 2 aromatic heterocycles. The summed E-state index contributed by atoms with van der Waals surface area (Å²) in [5, 5.41) is 6.87. The molecule has 1 saturated heterocycles. The smallest absolute Gasteiger partial charge is 0.226 e. The molecule has 4 aromatic rings. The second kappa shape index (κ2) is 11.0. The van der Waals surface area contributed by atoms with E-state index in [1.807, 2.05) is 30.3 Å². The summed E-state index contributed by atoms with van der Waals surface area (Å²) in [7, 11) is 0. The van der Waals surface area contributed by atoms with Crippen molar-refractivity contribution in [2.45, 2.75) is 32.4 Å². The Balaban J connectivity index is 1.46. The average Bonchev–Trinajstić information content (AvgIpc) is 3.39. The second-order valence-electron chi connectivity index (χ2n) is 9.27. The van der Waals surface area contributed by atoms with Gasteiger partial charge in [-0.15, -0.1) is 0 Å². The van der Waals surface area contributed by atoms with Gasteiger partial charge in [0.25, 0.3) is 0 Å². The molecule has 2 aromatic carbocycles. The van der Waals surface area contributed by atoms with Crippen LogP contribution in [0.25, 0.3) is 5.69 Å². The van der Waals surface area contributed by atoms with Gasteiger partial charge in [0.2, 0.25) is 5.91 Å². The molecule has 9 heteroatoms. The van der Waals surface area contributed by atoms with Gasteiger partial charge in [-0.3, -0.25) is 9.78 Å². The van der Waals surface area contributed by atoms with E-state index in [1.165, 1.54) is 12.1 Å². The van der Waals surface area contributed by atoms with Crippen LogP contribution in [-0.2, 0) is 4.79 Å². The van der Waals surface area contributed by atoms with E-state index in [0.717, 1.165) is 32.8 Å². The lowest BCUT2D eigenvalue weighted by Crippen LogP contribution is -2.32. The fourth-order valence-corrected chi connectivity index (χ4v) is 5.78. The number of carbonyl (C=O) groups excluding carboxylic acids is 1. The molecule has 0 spiro atoms. The third-order valence-electron chi connectivity index (χ3n) is 6.76. The summed E-state index contributed by atoms with van der Waals surface area (Å²) in [5.41, 5.74) is 5.81. The van der Waals surface area contributed by atoms with Gasteiger partial charge >= 0.3 is 0 Å². The van der Waals surface area contributed by atoms with Gasteiger partial charge in [0.05, 0.1) is 17.8 Å². The summed E-state index contributed by atoms with van der Waals surface area (Å²) in [6.07, 6.45) is 2.00. The Morgan fingerprint density at radius 2 is 1.89 bits per heavy atom. The summed E-state index contributed by atoms with van der Waals surface area (Å²) < 4.78 is 16.5. The van der Waals surface area contributed by atoms with Crippen LogP contribution in [0.4, 0.5) is 10.1 Å². The highest BCUT2D eigenvalue weighted by Crippen LogP contribution is 2.41. The summed E-state index contributed by atoms with van der Waals surface area (Å²) in [6, 6.07) is 21.6. The molecule has 1 aliphatic heterocycles. The summed E-state index contributed by atoms with van der Waals surface area (Å²) >= 11 is 9.37. The van der Waals surface area contributed by atoms with E-state index in [2.05, 4.69) is 73.1 Å². The third-order valence-corrected chi connectivity index (χ3v) is 7.61. The zero-order valence-corrected chi connectivity index (χ0v) is 23.4. The molecule has 5 rings (SSSR count). The van der Waals surface area contributed by atoms with Crippen LogP contribution in [0.1, 0.15) is 41.1 Å². The summed E-state index contributed by atoms with van der Waals surface area (Å²) in [4.78, 5) is 19.5. The molecule has 2 N–H and O–H groups in total. The van der Waals surface area contributed by atoms with Crippen LogP contribution in [0.2, 0.25) is 0 Å². The predicted molar refractivity (Wildman–Crippen MR) is 155 cm³/mol. The Hall–Kier alpha value is -3.56. The van der Waals surface area contributed by atoms with Crippen LogP contribution in [0.3, 0.4) is 0 Å². The standard InChI is InChI=1S/C29H27BrFN5OS/c1-18-16-24(19(2)36(18)23-7-5-6-20(30)17-23)28-27(25-8-3-4-14-32-25)34-29(38)35(28)15-13-26(37)33-22-11-9-21(31)10-12-22/h3-12,14,16-17,27-28H,13,15H2,1-2H3,(H,33,37)(H,34,38)/t27-,28-/m1/s1. The van der Waals surface area contributed by atoms with Gasteiger partial charge in [-0.25, -0.2) is 4.39 Å². The largest absolute Gasteiger partial charge is 0.352 e.